The van der Waals surface area contributed by atoms with Crippen LogP contribution < -0.4 is 4.90 Å². The van der Waals surface area contributed by atoms with E-state index in [9.17, 15) is 9.90 Å². The summed E-state index contributed by atoms with van der Waals surface area (Å²) in [5.74, 6) is -1.01. The van der Waals surface area contributed by atoms with Gasteiger partial charge in [-0.1, -0.05) is 77.8 Å². The van der Waals surface area contributed by atoms with Gasteiger partial charge in [-0.05, 0) is 41.3 Å². The van der Waals surface area contributed by atoms with Gasteiger partial charge in [0.05, 0.1) is 16.1 Å². The number of hydrogen-bond donors (Lipinski definition) is 1. The van der Waals surface area contributed by atoms with Crippen LogP contribution in [0.4, 0.5) is 5.69 Å². The minimum atomic E-state index is -1.42. The second-order valence-electron chi connectivity index (χ2n) is 7.02. The smallest absolute Gasteiger partial charge is 0.335 e. The molecule has 0 aliphatic carbocycles. The van der Waals surface area contributed by atoms with Crippen molar-refractivity contribution >= 4 is 46.5 Å². The van der Waals surface area contributed by atoms with Gasteiger partial charge in [0.15, 0.2) is 5.54 Å². The summed E-state index contributed by atoms with van der Waals surface area (Å²) in [6.45, 7) is 0.474. The van der Waals surface area contributed by atoms with E-state index in [0.29, 0.717) is 34.3 Å². The van der Waals surface area contributed by atoms with Gasteiger partial charge in [-0.15, -0.1) is 11.6 Å². The molecule has 0 aromatic heterocycles. The number of halogens is 3. The standard InChI is InChI=1S/C23H18Cl3NO2/c24-18-10-11-20(19(25)14-18)27-13-12-21(26)23(27,22(28)29)17-8-6-16(7-9-17)15-4-2-1-3-5-15/h1-11,14,21H,12-13H2,(H,28,29)/t21?,23-/m0/s1. The number of alkyl halides is 1. The van der Waals surface area contributed by atoms with E-state index in [1.54, 1.807) is 23.1 Å². The van der Waals surface area contributed by atoms with Gasteiger partial charge in [0.2, 0.25) is 0 Å². The molecule has 1 unspecified atom stereocenters. The average Bonchev–Trinajstić information content (AvgIpc) is 3.06. The molecule has 0 spiro atoms. The van der Waals surface area contributed by atoms with E-state index in [0.717, 1.165) is 11.1 Å². The average molecular weight is 447 g/mol. The Morgan fingerprint density at radius 1 is 0.966 bits per heavy atom. The van der Waals surface area contributed by atoms with Crippen LogP contribution in [0.5, 0.6) is 0 Å². The molecule has 6 heteroatoms. The molecule has 148 valence electrons. The first-order chi connectivity index (χ1) is 13.9. The molecule has 1 N–H and O–H groups in total. The molecule has 0 amide bonds. The molecule has 1 saturated heterocycles. The van der Waals surface area contributed by atoms with Crippen molar-refractivity contribution in [1.29, 1.82) is 0 Å². The third-order valence-corrected chi connectivity index (χ3v) is 6.52. The summed E-state index contributed by atoms with van der Waals surface area (Å²) in [5.41, 5.74) is 1.88. The molecule has 1 fully saturated rings. The minimum Gasteiger partial charge on any atom is -0.479 e. The Morgan fingerprint density at radius 3 is 2.24 bits per heavy atom. The molecule has 3 aromatic carbocycles. The van der Waals surface area contributed by atoms with E-state index >= 15 is 0 Å². The van der Waals surface area contributed by atoms with Gasteiger partial charge >= 0.3 is 5.97 Å². The molecule has 3 nitrogen and oxygen atoms in total. The lowest BCUT2D eigenvalue weighted by Crippen LogP contribution is -2.52. The van der Waals surface area contributed by atoms with Crippen molar-refractivity contribution in [2.24, 2.45) is 0 Å². The zero-order valence-electron chi connectivity index (χ0n) is 15.4. The number of benzene rings is 3. The maximum Gasteiger partial charge on any atom is 0.335 e. The predicted octanol–water partition coefficient (Wildman–Crippen LogP) is 6.46. The van der Waals surface area contributed by atoms with E-state index in [4.69, 9.17) is 34.8 Å². The Morgan fingerprint density at radius 2 is 1.62 bits per heavy atom. The molecular formula is C23H18Cl3NO2. The summed E-state index contributed by atoms with van der Waals surface area (Å²) in [6.07, 6.45) is 0.521. The van der Waals surface area contributed by atoms with Crippen LogP contribution in [0.3, 0.4) is 0 Å². The Bertz CT molecular complexity index is 1040. The molecule has 3 aromatic rings. The maximum atomic E-state index is 12.7. The fourth-order valence-electron chi connectivity index (χ4n) is 4.06. The Kier molecular flexibility index (Phi) is 5.48. The minimum absolute atomic E-state index is 0.398. The maximum absolute atomic E-state index is 12.7. The number of nitrogens with zero attached hydrogens (tertiary/aromatic N) is 1. The number of aliphatic carboxylic acids is 1. The summed E-state index contributed by atoms with van der Waals surface area (Å²) < 4.78 is 0. The lowest BCUT2D eigenvalue weighted by molar-refractivity contribution is -0.143. The topological polar surface area (TPSA) is 40.5 Å². The van der Waals surface area contributed by atoms with Crippen LogP contribution in [0, 0.1) is 0 Å². The van der Waals surface area contributed by atoms with Gasteiger partial charge in [-0.25, -0.2) is 4.79 Å². The Balaban J connectivity index is 1.82. The van der Waals surface area contributed by atoms with Gasteiger partial charge in [0, 0.05) is 11.6 Å². The van der Waals surface area contributed by atoms with Gasteiger partial charge in [-0.2, -0.15) is 0 Å². The quantitative estimate of drug-likeness (QED) is 0.468. The van der Waals surface area contributed by atoms with E-state index in [1.165, 1.54) is 0 Å². The molecule has 0 saturated carbocycles. The van der Waals surface area contributed by atoms with Crippen molar-refractivity contribution < 1.29 is 9.90 Å². The number of hydrogen-bond acceptors (Lipinski definition) is 2. The summed E-state index contributed by atoms with van der Waals surface area (Å²) in [4.78, 5) is 14.4. The Labute approximate surface area is 184 Å². The number of carboxylic acids is 1. The van der Waals surface area contributed by atoms with Gasteiger partial charge in [0.1, 0.15) is 0 Å². The van der Waals surface area contributed by atoms with E-state index in [1.807, 2.05) is 54.6 Å². The number of carbonyl (C=O) groups is 1. The summed E-state index contributed by atoms with van der Waals surface area (Å²) in [5, 5.41) is 10.6. The normalized spacial score (nSPS) is 21.3. The molecule has 0 radical (unpaired) electrons. The molecule has 4 rings (SSSR count). The lowest BCUT2D eigenvalue weighted by Gasteiger charge is -2.39. The van der Waals surface area contributed by atoms with Crippen LogP contribution in [0.2, 0.25) is 10.0 Å². The first-order valence-electron chi connectivity index (χ1n) is 9.20. The highest BCUT2D eigenvalue weighted by atomic mass is 35.5. The molecule has 1 heterocycles. The van der Waals surface area contributed by atoms with Gasteiger partial charge < -0.3 is 10.0 Å². The van der Waals surface area contributed by atoms with Crippen molar-refractivity contribution in [1.82, 2.24) is 0 Å². The van der Waals surface area contributed by atoms with E-state index < -0.39 is 16.9 Å². The largest absolute Gasteiger partial charge is 0.479 e. The zero-order valence-corrected chi connectivity index (χ0v) is 17.6. The first-order valence-corrected chi connectivity index (χ1v) is 10.4. The van der Waals surface area contributed by atoms with Crippen LogP contribution in [0.15, 0.2) is 72.8 Å². The van der Waals surface area contributed by atoms with Crippen molar-refractivity contribution in [2.45, 2.75) is 17.3 Å². The zero-order chi connectivity index (χ0) is 20.6. The first kappa shape index (κ1) is 20.1. The lowest BCUT2D eigenvalue weighted by atomic mass is 9.85. The SMILES string of the molecule is O=C(O)[C@]1(c2ccc(-c3ccccc3)cc2)C(Cl)CCN1c1ccc(Cl)cc1Cl. The van der Waals surface area contributed by atoms with Crippen LogP contribution in [-0.2, 0) is 10.3 Å². The molecule has 0 bridgehead atoms. The van der Waals surface area contributed by atoms with Crippen molar-refractivity contribution in [2.75, 3.05) is 11.4 Å². The van der Waals surface area contributed by atoms with Crippen molar-refractivity contribution in [3.05, 3.63) is 88.4 Å². The number of carboxylic acid groups (broad SMARTS) is 1. The summed E-state index contributed by atoms with van der Waals surface area (Å²) >= 11 is 19.1. The second-order valence-corrected chi connectivity index (χ2v) is 8.39. The molecule has 1 aliphatic heterocycles. The molecule has 2 atom stereocenters. The monoisotopic (exact) mass is 445 g/mol. The van der Waals surface area contributed by atoms with Gasteiger partial charge in [0.25, 0.3) is 0 Å². The molecule has 29 heavy (non-hydrogen) atoms. The summed E-state index contributed by atoms with van der Waals surface area (Å²) in [6, 6.07) is 22.5. The van der Waals surface area contributed by atoms with Crippen LogP contribution in [0.25, 0.3) is 11.1 Å². The van der Waals surface area contributed by atoms with E-state index in [-0.39, 0.29) is 0 Å². The van der Waals surface area contributed by atoms with Crippen molar-refractivity contribution in [3.63, 3.8) is 0 Å². The van der Waals surface area contributed by atoms with Crippen molar-refractivity contribution in [3.8, 4) is 11.1 Å². The third-order valence-electron chi connectivity index (χ3n) is 5.44. The second kappa shape index (κ2) is 7.91. The highest BCUT2D eigenvalue weighted by Gasteiger charge is 2.56. The molecule has 1 aliphatic rings. The van der Waals surface area contributed by atoms with Gasteiger partial charge in [-0.3, -0.25) is 0 Å². The van der Waals surface area contributed by atoms with Crippen LogP contribution >= 0.6 is 34.8 Å². The third kappa shape index (κ3) is 3.38. The number of rotatable bonds is 4. The predicted molar refractivity (Wildman–Crippen MR) is 119 cm³/mol. The highest BCUT2D eigenvalue weighted by molar-refractivity contribution is 6.36. The number of anilines is 1. The summed E-state index contributed by atoms with van der Waals surface area (Å²) in [7, 11) is 0. The van der Waals surface area contributed by atoms with E-state index in [2.05, 4.69) is 0 Å². The molecular weight excluding hydrogens is 429 g/mol. The van der Waals surface area contributed by atoms with Crippen LogP contribution in [-0.4, -0.2) is 23.0 Å². The fraction of sp³-hybridized carbons (Fsp3) is 0.174. The van der Waals surface area contributed by atoms with Crippen LogP contribution in [0.1, 0.15) is 12.0 Å². The Hall–Kier alpha value is -2.20. The fourth-order valence-corrected chi connectivity index (χ4v) is 5.01. The highest BCUT2D eigenvalue weighted by Crippen LogP contribution is 2.47.